The van der Waals surface area contributed by atoms with Crippen molar-refractivity contribution in [1.29, 1.82) is 0 Å². The quantitative estimate of drug-likeness (QED) is 0.757. The summed E-state index contributed by atoms with van der Waals surface area (Å²) in [6, 6.07) is -0.485. The van der Waals surface area contributed by atoms with E-state index in [9.17, 15) is 14.4 Å². The Labute approximate surface area is 116 Å². The Bertz CT molecular complexity index is 354. The average molecular weight is 292 g/mol. The number of nitrogens with one attached hydrogen (secondary N) is 1. The molecule has 1 heterocycles. The first-order chi connectivity index (χ1) is 8.95. The smallest absolute Gasteiger partial charge is 0.409 e. The summed E-state index contributed by atoms with van der Waals surface area (Å²) in [5.41, 5.74) is 0. The van der Waals surface area contributed by atoms with Gasteiger partial charge in [0.25, 0.3) is 0 Å². The van der Waals surface area contributed by atoms with Crippen LogP contribution in [-0.2, 0) is 9.53 Å². The van der Waals surface area contributed by atoms with Gasteiger partial charge in [0.2, 0.25) is 5.91 Å². The number of hydrogen-bond donors (Lipinski definition) is 1. The molecule has 7 nitrogen and oxygen atoms in total. The summed E-state index contributed by atoms with van der Waals surface area (Å²) in [6.45, 7) is 5.03. The van der Waals surface area contributed by atoms with E-state index in [-0.39, 0.29) is 6.09 Å². The fraction of sp³-hybridized carbons (Fsp3) is 0.727. The molecule has 0 bridgehead atoms. The van der Waals surface area contributed by atoms with Gasteiger partial charge < -0.3 is 14.5 Å². The van der Waals surface area contributed by atoms with Crippen molar-refractivity contribution in [2.45, 2.75) is 19.2 Å². The highest BCUT2D eigenvalue weighted by atomic mass is 35.5. The second-order valence-corrected chi connectivity index (χ2v) is 4.74. The SMILES string of the molecule is CCOC(=O)N1CCN(C(=O)NC(=O)C(C)Cl)CC1. The van der Waals surface area contributed by atoms with Crippen LogP contribution in [0, 0.1) is 0 Å². The van der Waals surface area contributed by atoms with Crippen LogP contribution in [0.4, 0.5) is 9.59 Å². The second kappa shape index (κ2) is 7.18. The molecular weight excluding hydrogens is 274 g/mol. The molecule has 1 aliphatic rings. The third-order valence-electron chi connectivity index (χ3n) is 2.68. The second-order valence-electron chi connectivity index (χ2n) is 4.08. The van der Waals surface area contributed by atoms with Gasteiger partial charge in [0.1, 0.15) is 5.38 Å². The van der Waals surface area contributed by atoms with Crippen molar-refractivity contribution < 1.29 is 19.1 Å². The molecule has 0 saturated carbocycles. The number of imide groups is 1. The van der Waals surface area contributed by atoms with Crippen molar-refractivity contribution in [1.82, 2.24) is 15.1 Å². The number of hydrogen-bond acceptors (Lipinski definition) is 4. The van der Waals surface area contributed by atoms with E-state index >= 15 is 0 Å². The number of amides is 4. The number of halogens is 1. The Kier molecular flexibility index (Phi) is 5.88. The van der Waals surface area contributed by atoms with Gasteiger partial charge >= 0.3 is 12.1 Å². The van der Waals surface area contributed by atoms with Gasteiger partial charge in [0.15, 0.2) is 0 Å². The molecule has 0 radical (unpaired) electrons. The maximum Gasteiger partial charge on any atom is 0.409 e. The summed E-state index contributed by atoms with van der Waals surface area (Å²) in [5.74, 6) is -0.528. The van der Waals surface area contributed by atoms with Crippen LogP contribution >= 0.6 is 11.6 Å². The summed E-state index contributed by atoms with van der Waals surface area (Å²) in [7, 11) is 0. The molecule has 1 saturated heterocycles. The minimum Gasteiger partial charge on any atom is -0.450 e. The lowest BCUT2D eigenvalue weighted by Crippen LogP contribution is -2.54. The van der Waals surface area contributed by atoms with E-state index < -0.39 is 17.3 Å². The van der Waals surface area contributed by atoms with E-state index in [1.807, 2.05) is 0 Å². The molecule has 19 heavy (non-hydrogen) atoms. The van der Waals surface area contributed by atoms with Crippen molar-refractivity contribution in [3.63, 3.8) is 0 Å². The summed E-state index contributed by atoms with van der Waals surface area (Å²) in [4.78, 5) is 37.4. The van der Waals surface area contributed by atoms with E-state index in [2.05, 4.69) is 5.32 Å². The minimum atomic E-state index is -0.759. The van der Waals surface area contributed by atoms with Gasteiger partial charge in [-0.2, -0.15) is 0 Å². The molecule has 1 N–H and O–H groups in total. The predicted octanol–water partition coefficient (Wildman–Crippen LogP) is 0.624. The lowest BCUT2D eigenvalue weighted by atomic mass is 10.3. The number of alkyl halides is 1. The van der Waals surface area contributed by atoms with Gasteiger partial charge in [-0.25, -0.2) is 9.59 Å². The van der Waals surface area contributed by atoms with Crippen LogP contribution < -0.4 is 5.32 Å². The largest absolute Gasteiger partial charge is 0.450 e. The maximum absolute atomic E-state index is 11.7. The third-order valence-corrected chi connectivity index (χ3v) is 2.88. The lowest BCUT2D eigenvalue weighted by molar-refractivity contribution is -0.119. The van der Waals surface area contributed by atoms with Gasteiger partial charge in [-0.05, 0) is 13.8 Å². The van der Waals surface area contributed by atoms with E-state index in [4.69, 9.17) is 16.3 Å². The molecule has 1 unspecified atom stereocenters. The van der Waals surface area contributed by atoms with Gasteiger partial charge in [-0.1, -0.05) is 0 Å². The van der Waals surface area contributed by atoms with E-state index in [1.54, 1.807) is 6.92 Å². The van der Waals surface area contributed by atoms with Crippen molar-refractivity contribution in [3.05, 3.63) is 0 Å². The fourth-order valence-electron chi connectivity index (χ4n) is 1.59. The van der Waals surface area contributed by atoms with E-state index in [0.717, 1.165) is 0 Å². The molecular formula is C11H18ClN3O4. The Morgan fingerprint density at radius 3 is 2.21 bits per heavy atom. The van der Waals surface area contributed by atoms with Gasteiger partial charge in [0.05, 0.1) is 6.61 Å². The summed E-state index contributed by atoms with van der Waals surface area (Å²) in [6.07, 6.45) is -0.381. The minimum absolute atomic E-state index is 0.321. The summed E-state index contributed by atoms with van der Waals surface area (Å²) >= 11 is 5.56. The van der Waals surface area contributed by atoms with Crippen molar-refractivity contribution in [2.75, 3.05) is 32.8 Å². The molecule has 1 atom stereocenters. The summed E-state index contributed by atoms with van der Waals surface area (Å²) in [5, 5.41) is 1.44. The average Bonchev–Trinajstić information content (AvgIpc) is 2.39. The fourth-order valence-corrected chi connectivity index (χ4v) is 1.65. The Morgan fingerprint density at radius 2 is 1.74 bits per heavy atom. The molecule has 0 aromatic carbocycles. The topological polar surface area (TPSA) is 79.0 Å². The highest BCUT2D eigenvalue weighted by Gasteiger charge is 2.26. The number of rotatable bonds is 2. The van der Waals surface area contributed by atoms with Crippen LogP contribution in [0.3, 0.4) is 0 Å². The number of piperazine rings is 1. The third kappa shape index (κ3) is 4.59. The van der Waals surface area contributed by atoms with Crippen LogP contribution in [0.1, 0.15) is 13.8 Å². The van der Waals surface area contributed by atoms with Gasteiger partial charge in [0, 0.05) is 26.2 Å². The standard InChI is InChI=1S/C11H18ClN3O4/c1-3-19-11(18)15-6-4-14(5-7-15)10(17)13-9(16)8(2)12/h8H,3-7H2,1-2H3,(H,13,16,17). The van der Waals surface area contributed by atoms with E-state index in [0.29, 0.717) is 32.8 Å². The van der Waals surface area contributed by atoms with Crippen LogP contribution in [0.25, 0.3) is 0 Å². The highest BCUT2D eigenvalue weighted by molar-refractivity contribution is 6.31. The highest BCUT2D eigenvalue weighted by Crippen LogP contribution is 2.04. The molecule has 0 aromatic heterocycles. The maximum atomic E-state index is 11.7. The lowest BCUT2D eigenvalue weighted by Gasteiger charge is -2.33. The van der Waals surface area contributed by atoms with Crippen LogP contribution in [-0.4, -0.2) is 66.0 Å². The van der Waals surface area contributed by atoms with Crippen molar-refractivity contribution in [3.8, 4) is 0 Å². The monoisotopic (exact) mass is 291 g/mol. The van der Waals surface area contributed by atoms with Gasteiger partial charge in [-0.15, -0.1) is 11.6 Å². The molecule has 1 rings (SSSR count). The zero-order valence-corrected chi connectivity index (χ0v) is 11.8. The van der Waals surface area contributed by atoms with Crippen LogP contribution in [0.15, 0.2) is 0 Å². The number of nitrogens with zero attached hydrogens (tertiary/aromatic N) is 2. The Hall–Kier alpha value is -1.50. The van der Waals surface area contributed by atoms with E-state index in [1.165, 1.54) is 16.7 Å². The molecule has 4 amide bonds. The number of urea groups is 1. The first-order valence-corrected chi connectivity index (χ1v) is 6.55. The zero-order chi connectivity index (χ0) is 14.4. The normalized spacial score (nSPS) is 16.8. The molecule has 1 aliphatic heterocycles. The first-order valence-electron chi connectivity index (χ1n) is 6.11. The number of carbonyl (C=O) groups is 3. The summed E-state index contributed by atoms with van der Waals surface area (Å²) < 4.78 is 4.87. The Morgan fingerprint density at radius 1 is 1.21 bits per heavy atom. The van der Waals surface area contributed by atoms with Crippen LogP contribution in [0.2, 0.25) is 0 Å². The van der Waals surface area contributed by atoms with Gasteiger partial charge in [-0.3, -0.25) is 10.1 Å². The molecule has 0 aliphatic carbocycles. The van der Waals surface area contributed by atoms with Crippen molar-refractivity contribution >= 4 is 29.6 Å². The molecule has 0 spiro atoms. The zero-order valence-electron chi connectivity index (χ0n) is 11.0. The number of ether oxygens (including phenoxy) is 1. The Balaban J connectivity index is 2.39. The van der Waals surface area contributed by atoms with Crippen LogP contribution in [0.5, 0.6) is 0 Å². The molecule has 8 heteroatoms. The number of carbonyl (C=O) groups excluding carboxylic acids is 3. The molecule has 1 fully saturated rings. The van der Waals surface area contributed by atoms with Crippen molar-refractivity contribution in [2.24, 2.45) is 0 Å². The molecule has 108 valence electrons. The first kappa shape index (κ1) is 15.6. The molecule has 0 aromatic rings. The predicted molar refractivity (Wildman–Crippen MR) is 69.0 cm³/mol.